The van der Waals surface area contributed by atoms with Crippen LogP contribution in [0, 0.1) is 0 Å². The Morgan fingerprint density at radius 2 is 0.903 bits per heavy atom. The second kappa shape index (κ2) is 8.37. The molecule has 0 bridgehead atoms. The molecule has 0 atom stereocenters. The van der Waals surface area contributed by atoms with Crippen molar-refractivity contribution in [1.82, 2.24) is 0 Å². The van der Waals surface area contributed by atoms with Crippen LogP contribution in [0.25, 0.3) is 22.3 Å². The van der Waals surface area contributed by atoms with Crippen LogP contribution in [-0.4, -0.2) is 22.4 Å². The highest BCUT2D eigenvalue weighted by atomic mass is 32.2. The Kier molecular flexibility index (Phi) is 5.42. The summed E-state index contributed by atoms with van der Waals surface area (Å²) in [4.78, 5) is 2.79. The molecule has 0 heterocycles. The van der Waals surface area contributed by atoms with Crippen LogP contribution < -0.4 is 0 Å². The summed E-state index contributed by atoms with van der Waals surface area (Å²) in [5.74, 6) is 0. The van der Waals surface area contributed by atoms with Gasteiger partial charge in [-0.1, -0.05) is 84.6 Å². The van der Waals surface area contributed by atoms with Crippen LogP contribution in [0.15, 0.2) is 94.7 Å². The third-order valence-corrected chi connectivity index (χ3v) is 7.04. The smallest absolute Gasteiger partial charge is 0.402 e. The molecule has 31 heavy (non-hydrogen) atoms. The normalized spacial score (nSPS) is 12.2. The van der Waals surface area contributed by atoms with Crippen molar-refractivity contribution in [2.75, 3.05) is 0 Å². The molecule has 4 aromatic carbocycles. The first-order chi connectivity index (χ1) is 15.1. The second-order valence-corrected chi connectivity index (χ2v) is 8.76. The van der Waals surface area contributed by atoms with E-state index in [0.29, 0.717) is 0 Å². The zero-order chi connectivity index (χ0) is 21.4. The zero-order valence-corrected chi connectivity index (χ0v) is 17.6. The van der Waals surface area contributed by atoms with E-state index in [4.69, 9.17) is 15.1 Å². The van der Waals surface area contributed by atoms with Crippen LogP contribution in [0.5, 0.6) is 0 Å². The molecule has 2 aliphatic carbocycles. The van der Waals surface area contributed by atoms with Gasteiger partial charge in [0.25, 0.3) is 0 Å². The van der Waals surface area contributed by atoms with Crippen LogP contribution in [-0.2, 0) is 12.8 Å². The predicted octanol–water partition coefficient (Wildman–Crippen LogP) is 4.93. The average Bonchev–Trinajstić information content (AvgIpc) is 3.33. The maximum atomic E-state index is 7.17. The van der Waals surface area contributed by atoms with Crippen molar-refractivity contribution in [3.63, 3.8) is 0 Å². The highest BCUT2D eigenvalue weighted by Crippen LogP contribution is 2.46. The standard InChI is InChI=1S/C26H18S.BH3O3/c1-3-9-19-17(7-1)15-23-21(19)11-5-13-25(23)27-26-14-6-12-22-20-10-4-2-8-18(20)16-24(22)26;2-1(3)4/h1-14H,15-16H2;2-4H. The van der Waals surface area contributed by atoms with Gasteiger partial charge >= 0.3 is 7.32 Å². The molecule has 152 valence electrons. The summed E-state index contributed by atoms with van der Waals surface area (Å²) in [5, 5.41) is 21.5. The first-order valence-corrected chi connectivity index (χ1v) is 11.1. The van der Waals surface area contributed by atoms with Crippen molar-refractivity contribution in [3.8, 4) is 22.3 Å². The fourth-order valence-corrected chi connectivity index (χ4v) is 5.71. The van der Waals surface area contributed by atoms with E-state index in [9.17, 15) is 0 Å². The highest BCUT2D eigenvalue weighted by molar-refractivity contribution is 7.99. The van der Waals surface area contributed by atoms with Gasteiger partial charge in [0.05, 0.1) is 0 Å². The Bertz CT molecular complexity index is 1170. The van der Waals surface area contributed by atoms with E-state index in [0.717, 1.165) is 12.8 Å². The molecule has 6 rings (SSSR count). The Hall–Kier alpha value is -2.83. The number of fused-ring (bicyclic) bond motifs is 6. The molecule has 4 aromatic rings. The number of hydrogen-bond acceptors (Lipinski definition) is 4. The second-order valence-electron chi connectivity index (χ2n) is 7.68. The maximum absolute atomic E-state index is 7.17. The highest BCUT2D eigenvalue weighted by Gasteiger charge is 2.24. The molecule has 0 aliphatic heterocycles. The lowest BCUT2D eigenvalue weighted by Gasteiger charge is -2.11. The topological polar surface area (TPSA) is 60.7 Å². The first-order valence-electron chi connectivity index (χ1n) is 10.2. The molecule has 0 radical (unpaired) electrons. The molecular weight excluding hydrogens is 403 g/mol. The Balaban J connectivity index is 0.000000473. The summed E-state index contributed by atoms with van der Waals surface area (Å²) >= 11 is 1.94. The Morgan fingerprint density at radius 3 is 1.35 bits per heavy atom. The molecule has 0 saturated heterocycles. The molecule has 0 aromatic heterocycles. The van der Waals surface area contributed by atoms with Gasteiger partial charge in [0.1, 0.15) is 0 Å². The molecule has 0 saturated carbocycles. The van der Waals surface area contributed by atoms with Crippen molar-refractivity contribution in [2.24, 2.45) is 0 Å². The SMILES string of the molecule is OB(O)O.c1ccc2c(c1)Cc1c(Sc3cccc4c3Cc3ccccc3-4)cccc1-2. The first kappa shape index (κ1) is 20.1. The van der Waals surface area contributed by atoms with E-state index in [1.54, 1.807) is 0 Å². The molecule has 2 aliphatic rings. The van der Waals surface area contributed by atoms with Crippen molar-refractivity contribution in [3.05, 3.63) is 107 Å². The van der Waals surface area contributed by atoms with Crippen LogP contribution in [0.3, 0.4) is 0 Å². The number of benzene rings is 4. The van der Waals surface area contributed by atoms with E-state index in [1.807, 2.05) is 11.8 Å². The Morgan fingerprint density at radius 1 is 0.516 bits per heavy atom. The zero-order valence-electron chi connectivity index (χ0n) is 16.8. The quantitative estimate of drug-likeness (QED) is 0.345. The van der Waals surface area contributed by atoms with Crippen LogP contribution >= 0.6 is 11.8 Å². The number of hydrogen-bond donors (Lipinski definition) is 3. The minimum absolute atomic E-state index is 1.05. The third kappa shape index (κ3) is 3.82. The molecule has 0 amide bonds. The lowest BCUT2D eigenvalue weighted by Crippen LogP contribution is -2.07. The average molecular weight is 424 g/mol. The third-order valence-electron chi connectivity index (χ3n) is 5.84. The van der Waals surface area contributed by atoms with Crippen LogP contribution in [0.2, 0.25) is 0 Å². The molecule has 3 N–H and O–H groups in total. The monoisotopic (exact) mass is 424 g/mol. The number of rotatable bonds is 2. The van der Waals surface area contributed by atoms with Crippen LogP contribution in [0.4, 0.5) is 0 Å². The van der Waals surface area contributed by atoms with Gasteiger partial charge in [-0.15, -0.1) is 0 Å². The molecule has 0 fully saturated rings. The lowest BCUT2D eigenvalue weighted by molar-refractivity contribution is 0.278. The fourth-order valence-electron chi connectivity index (χ4n) is 4.57. The largest absolute Gasteiger partial charge is 0.631 e. The molecule has 0 unspecified atom stereocenters. The van der Waals surface area contributed by atoms with Crippen molar-refractivity contribution < 1.29 is 15.1 Å². The van der Waals surface area contributed by atoms with Gasteiger partial charge in [-0.3, -0.25) is 0 Å². The fraction of sp³-hybridized carbons (Fsp3) is 0.0769. The van der Waals surface area contributed by atoms with Gasteiger partial charge in [-0.05, 0) is 69.5 Å². The van der Waals surface area contributed by atoms with E-state index in [2.05, 4.69) is 84.9 Å². The van der Waals surface area contributed by atoms with Gasteiger partial charge in [0, 0.05) is 9.79 Å². The molecular formula is C26H21BO3S. The molecule has 0 spiro atoms. The Labute approximate surface area is 186 Å². The van der Waals surface area contributed by atoms with Gasteiger partial charge < -0.3 is 15.1 Å². The summed E-state index contributed by atoms with van der Waals surface area (Å²) in [6.07, 6.45) is 2.09. The van der Waals surface area contributed by atoms with Gasteiger partial charge in [0.2, 0.25) is 0 Å². The summed E-state index contributed by atoms with van der Waals surface area (Å²) in [7, 11) is -2.17. The van der Waals surface area contributed by atoms with Crippen molar-refractivity contribution in [1.29, 1.82) is 0 Å². The molecule has 5 heteroatoms. The van der Waals surface area contributed by atoms with Gasteiger partial charge in [-0.2, -0.15) is 0 Å². The summed E-state index contributed by atoms with van der Waals surface area (Å²) in [6.45, 7) is 0. The minimum atomic E-state index is -2.17. The van der Waals surface area contributed by atoms with Crippen molar-refractivity contribution in [2.45, 2.75) is 22.6 Å². The van der Waals surface area contributed by atoms with Crippen LogP contribution in [0.1, 0.15) is 22.3 Å². The van der Waals surface area contributed by atoms with E-state index in [1.165, 1.54) is 54.3 Å². The van der Waals surface area contributed by atoms with E-state index in [-0.39, 0.29) is 0 Å². The van der Waals surface area contributed by atoms with E-state index >= 15 is 0 Å². The predicted molar refractivity (Wildman–Crippen MR) is 126 cm³/mol. The van der Waals surface area contributed by atoms with Gasteiger partial charge in [0.15, 0.2) is 0 Å². The lowest BCUT2D eigenvalue weighted by atomic mass is 10.1. The summed E-state index contributed by atoms with van der Waals surface area (Å²) < 4.78 is 0. The maximum Gasteiger partial charge on any atom is 0.631 e. The van der Waals surface area contributed by atoms with Gasteiger partial charge in [-0.25, -0.2) is 0 Å². The molecule has 3 nitrogen and oxygen atoms in total. The minimum Gasteiger partial charge on any atom is -0.402 e. The van der Waals surface area contributed by atoms with Crippen molar-refractivity contribution >= 4 is 19.1 Å². The van der Waals surface area contributed by atoms with E-state index < -0.39 is 7.32 Å². The summed E-state index contributed by atoms with van der Waals surface area (Å²) in [6, 6.07) is 31.2. The summed E-state index contributed by atoms with van der Waals surface area (Å²) in [5.41, 5.74) is 11.5.